The standard InChI is InChI=1S/C9H18BrN/c1-8-4-3-6-11(7-5-10)9(8)2/h8-9H,3-7H2,1-2H3. The Morgan fingerprint density at radius 3 is 2.82 bits per heavy atom. The van der Waals surface area contributed by atoms with Crippen molar-refractivity contribution < 1.29 is 0 Å². The van der Waals surface area contributed by atoms with Crippen molar-refractivity contribution in [3.63, 3.8) is 0 Å². The van der Waals surface area contributed by atoms with E-state index in [-0.39, 0.29) is 0 Å². The molecule has 1 saturated heterocycles. The summed E-state index contributed by atoms with van der Waals surface area (Å²) >= 11 is 3.49. The summed E-state index contributed by atoms with van der Waals surface area (Å²) in [6.07, 6.45) is 2.80. The lowest BCUT2D eigenvalue weighted by Gasteiger charge is -2.37. The van der Waals surface area contributed by atoms with Crippen LogP contribution < -0.4 is 0 Å². The average Bonchev–Trinajstić information content (AvgIpc) is 1.99. The molecule has 0 aromatic carbocycles. The zero-order valence-electron chi connectivity index (χ0n) is 7.52. The van der Waals surface area contributed by atoms with Gasteiger partial charge in [0.25, 0.3) is 0 Å². The van der Waals surface area contributed by atoms with Crippen LogP contribution in [0.15, 0.2) is 0 Å². The molecular weight excluding hydrogens is 202 g/mol. The smallest absolute Gasteiger partial charge is 0.0159 e. The maximum atomic E-state index is 3.49. The molecule has 11 heavy (non-hydrogen) atoms. The molecule has 0 aromatic heterocycles. The predicted molar refractivity (Wildman–Crippen MR) is 53.2 cm³/mol. The molecule has 2 atom stereocenters. The SMILES string of the molecule is CC1CCCN(CCBr)C1C. The summed E-state index contributed by atoms with van der Waals surface area (Å²) in [4.78, 5) is 2.59. The van der Waals surface area contributed by atoms with Gasteiger partial charge >= 0.3 is 0 Å². The van der Waals surface area contributed by atoms with Crippen LogP contribution in [-0.2, 0) is 0 Å². The van der Waals surface area contributed by atoms with Gasteiger partial charge in [0.2, 0.25) is 0 Å². The van der Waals surface area contributed by atoms with Crippen molar-refractivity contribution in [3.8, 4) is 0 Å². The highest BCUT2D eigenvalue weighted by atomic mass is 79.9. The van der Waals surface area contributed by atoms with Crippen LogP contribution in [0.1, 0.15) is 26.7 Å². The van der Waals surface area contributed by atoms with Crippen molar-refractivity contribution >= 4 is 15.9 Å². The van der Waals surface area contributed by atoms with E-state index in [1.54, 1.807) is 0 Å². The zero-order chi connectivity index (χ0) is 8.27. The summed E-state index contributed by atoms with van der Waals surface area (Å²) in [5, 5.41) is 1.12. The second kappa shape index (κ2) is 4.46. The van der Waals surface area contributed by atoms with Gasteiger partial charge in [0.1, 0.15) is 0 Å². The lowest BCUT2D eigenvalue weighted by atomic mass is 9.92. The van der Waals surface area contributed by atoms with Crippen LogP contribution in [0.3, 0.4) is 0 Å². The first-order valence-corrected chi connectivity index (χ1v) is 5.68. The third-order valence-electron chi connectivity index (χ3n) is 2.88. The van der Waals surface area contributed by atoms with Gasteiger partial charge in [-0.1, -0.05) is 22.9 Å². The number of hydrogen-bond acceptors (Lipinski definition) is 1. The fraction of sp³-hybridized carbons (Fsp3) is 1.00. The maximum absolute atomic E-state index is 3.49. The van der Waals surface area contributed by atoms with Gasteiger partial charge in [0.15, 0.2) is 0 Å². The molecule has 0 amide bonds. The number of piperidine rings is 1. The van der Waals surface area contributed by atoms with Gasteiger partial charge in [-0.2, -0.15) is 0 Å². The lowest BCUT2D eigenvalue weighted by molar-refractivity contribution is 0.122. The summed E-state index contributed by atoms with van der Waals surface area (Å²) in [6, 6.07) is 0.793. The molecule has 1 rings (SSSR count). The van der Waals surface area contributed by atoms with Crippen LogP contribution in [-0.4, -0.2) is 29.4 Å². The molecule has 1 aliphatic heterocycles. The summed E-state index contributed by atoms with van der Waals surface area (Å²) in [5.74, 6) is 0.891. The fourth-order valence-electron chi connectivity index (χ4n) is 1.85. The molecule has 66 valence electrons. The van der Waals surface area contributed by atoms with Gasteiger partial charge in [-0.25, -0.2) is 0 Å². The Kier molecular flexibility index (Phi) is 3.86. The Balaban J connectivity index is 2.38. The molecular formula is C9H18BrN. The third-order valence-corrected chi connectivity index (χ3v) is 3.23. The summed E-state index contributed by atoms with van der Waals surface area (Å²) in [5.41, 5.74) is 0. The molecule has 1 heterocycles. The van der Waals surface area contributed by atoms with Gasteiger partial charge < -0.3 is 0 Å². The molecule has 2 unspecified atom stereocenters. The number of hydrogen-bond donors (Lipinski definition) is 0. The number of likely N-dealkylation sites (tertiary alicyclic amines) is 1. The number of alkyl halides is 1. The quantitative estimate of drug-likeness (QED) is 0.646. The zero-order valence-corrected chi connectivity index (χ0v) is 9.10. The molecule has 0 aromatic rings. The highest BCUT2D eigenvalue weighted by Gasteiger charge is 2.23. The molecule has 2 heteroatoms. The average molecular weight is 220 g/mol. The summed E-state index contributed by atoms with van der Waals surface area (Å²) < 4.78 is 0. The Bertz CT molecular complexity index is 114. The van der Waals surface area contributed by atoms with Crippen LogP contribution in [0.5, 0.6) is 0 Å². The minimum atomic E-state index is 0.793. The molecule has 0 radical (unpaired) electrons. The molecule has 1 nitrogen and oxygen atoms in total. The number of halogens is 1. The van der Waals surface area contributed by atoms with Crippen molar-refractivity contribution in [2.24, 2.45) is 5.92 Å². The Hall–Kier alpha value is 0.440. The van der Waals surface area contributed by atoms with E-state index in [1.165, 1.54) is 25.9 Å². The van der Waals surface area contributed by atoms with Crippen LogP contribution in [0.4, 0.5) is 0 Å². The van der Waals surface area contributed by atoms with Gasteiger partial charge in [0.05, 0.1) is 0 Å². The van der Waals surface area contributed by atoms with Crippen LogP contribution in [0.2, 0.25) is 0 Å². The molecule has 0 saturated carbocycles. The van der Waals surface area contributed by atoms with Gasteiger partial charge in [-0.3, -0.25) is 4.90 Å². The second-order valence-electron chi connectivity index (χ2n) is 3.59. The molecule has 0 spiro atoms. The van der Waals surface area contributed by atoms with Crippen LogP contribution >= 0.6 is 15.9 Å². The molecule has 0 N–H and O–H groups in total. The largest absolute Gasteiger partial charge is 0.300 e. The second-order valence-corrected chi connectivity index (χ2v) is 4.38. The summed E-state index contributed by atoms with van der Waals surface area (Å²) in [6.45, 7) is 7.24. The van der Waals surface area contributed by atoms with E-state index in [9.17, 15) is 0 Å². The van der Waals surface area contributed by atoms with Gasteiger partial charge in [0, 0.05) is 17.9 Å². The number of rotatable bonds is 2. The maximum Gasteiger partial charge on any atom is 0.0159 e. The predicted octanol–water partition coefficient (Wildman–Crippen LogP) is 2.50. The van der Waals surface area contributed by atoms with Crippen molar-refractivity contribution in [1.82, 2.24) is 4.90 Å². The first kappa shape index (κ1) is 9.53. The van der Waals surface area contributed by atoms with E-state index in [1.807, 2.05) is 0 Å². The highest BCUT2D eigenvalue weighted by molar-refractivity contribution is 9.09. The first-order valence-electron chi connectivity index (χ1n) is 4.55. The van der Waals surface area contributed by atoms with Gasteiger partial charge in [-0.15, -0.1) is 0 Å². The lowest BCUT2D eigenvalue weighted by Crippen LogP contribution is -2.43. The minimum Gasteiger partial charge on any atom is -0.300 e. The third kappa shape index (κ3) is 2.45. The van der Waals surface area contributed by atoms with E-state index in [0.717, 1.165) is 17.3 Å². The Morgan fingerprint density at radius 2 is 2.18 bits per heavy atom. The van der Waals surface area contributed by atoms with E-state index in [2.05, 4.69) is 34.7 Å². The van der Waals surface area contributed by atoms with Crippen molar-refractivity contribution in [2.75, 3.05) is 18.4 Å². The van der Waals surface area contributed by atoms with Crippen molar-refractivity contribution in [1.29, 1.82) is 0 Å². The van der Waals surface area contributed by atoms with Crippen molar-refractivity contribution in [2.45, 2.75) is 32.7 Å². The van der Waals surface area contributed by atoms with E-state index in [0.29, 0.717) is 0 Å². The molecule has 1 fully saturated rings. The van der Waals surface area contributed by atoms with E-state index < -0.39 is 0 Å². The van der Waals surface area contributed by atoms with Gasteiger partial charge in [-0.05, 0) is 32.2 Å². The van der Waals surface area contributed by atoms with Crippen LogP contribution in [0, 0.1) is 5.92 Å². The Morgan fingerprint density at radius 1 is 1.45 bits per heavy atom. The van der Waals surface area contributed by atoms with Crippen molar-refractivity contribution in [3.05, 3.63) is 0 Å². The molecule has 0 bridgehead atoms. The topological polar surface area (TPSA) is 3.24 Å². The minimum absolute atomic E-state index is 0.793. The molecule has 0 aliphatic carbocycles. The first-order chi connectivity index (χ1) is 5.25. The summed E-state index contributed by atoms with van der Waals surface area (Å²) in [7, 11) is 0. The fourth-order valence-corrected chi connectivity index (χ4v) is 2.30. The van der Waals surface area contributed by atoms with Crippen LogP contribution in [0.25, 0.3) is 0 Å². The Labute approximate surface area is 78.3 Å². The number of nitrogens with zero attached hydrogens (tertiary/aromatic N) is 1. The van der Waals surface area contributed by atoms with E-state index >= 15 is 0 Å². The monoisotopic (exact) mass is 219 g/mol. The van der Waals surface area contributed by atoms with E-state index in [4.69, 9.17) is 0 Å². The highest BCUT2D eigenvalue weighted by Crippen LogP contribution is 2.22. The molecule has 1 aliphatic rings. The normalized spacial score (nSPS) is 34.1.